The summed E-state index contributed by atoms with van der Waals surface area (Å²) in [5, 5.41) is 2.53. The summed E-state index contributed by atoms with van der Waals surface area (Å²) in [5.41, 5.74) is 0. The van der Waals surface area contributed by atoms with Crippen LogP contribution >= 0.6 is 0 Å². The van der Waals surface area contributed by atoms with Crippen LogP contribution in [0.3, 0.4) is 0 Å². The van der Waals surface area contributed by atoms with Gasteiger partial charge in [0.05, 0.1) is 7.11 Å². The summed E-state index contributed by atoms with van der Waals surface area (Å²) in [6.07, 6.45) is 6.76. The SMILES string of the molecule is C=C/C=C\C(=C)OC.C=O.CCCC(=O)NC.O.O. The first kappa shape index (κ1) is 30.3. The minimum Gasteiger partial charge on any atom is -0.497 e. The number of hydrogen-bond donors (Lipinski definition) is 1. The summed E-state index contributed by atoms with van der Waals surface area (Å²) in [5.74, 6) is 0.771. The molecule has 19 heavy (non-hydrogen) atoms. The van der Waals surface area contributed by atoms with E-state index in [1.54, 1.807) is 32.4 Å². The van der Waals surface area contributed by atoms with Gasteiger partial charge in [0.2, 0.25) is 5.91 Å². The molecule has 0 fully saturated rings. The van der Waals surface area contributed by atoms with E-state index in [0.717, 1.165) is 6.42 Å². The number of amides is 1. The molecule has 5 N–H and O–H groups in total. The summed E-state index contributed by atoms with van der Waals surface area (Å²) in [6, 6.07) is 0. The third kappa shape index (κ3) is 38.7. The van der Waals surface area contributed by atoms with Crippen molar-refractivity contribution in [2.24, 2.45) is 0 Å². The van der Waals surface area contributed by atoms with Gasteiger partial charge in [-0.25, -0.2) is 0 Å². The van der Waals surface area contributed by atoms with Gasteiger partial charge in [0.15, 0.2) is 0 Å². The molecule has 6 nitrogen and oxygen atoms in total. The first-order valence-electron chi connectivity index (χ1n) is 5.13. The first-order chi connectivity index (χ1) is 8.12. The predicted molar refractivity (Wildman–Crippen MR) is 78.8 cm³/mol. The fraction of sp³-hybridized carbons (Fsp3) is 0.385. The maximum atomic E-state index is 10.3. The van der Waals surface area contributed by atoms with Crippen LogP contribution in [-0.4, -0.2) is 37.8 Å². The number of ether oxygens (including phenoxy) is 1. The molecule has 1 amide bonds. The number of allylic oxidation sites excluding steroid dienone is 3. The van der Waals surface area contributed by atoms with E-state index in [2.05, 4.69) is 18.5 Å². The van der Waals surface area contributed by atoms with Crippen LogP contribution in [0.15, 0.2) is 37.1 Å². The maximum absolute atomic E-state index is 10.3. The van der Waals surface area contributed by atoms with E-state index >= 15 is 0 Å². The Labute approximate surface area is 115 Å². The number of carbonyl (C=O) groups excluding carboxylic acids is 2. The predicted octanol–water partition coefficient (Wildman–Crippen LogP) is 0.587. The van der Waals surface area contributed by atoms with Crippen LogP contribution in [0.25, 0.3) is 0 Å². The Morgan fingerprint density at radius 1 is 1.32 bits per heavy atom. The number of nitrogens with one attached hydrogen (secondary N) is 1. The van der Waals surface area contributed by atoms with Gasteiger partial charge in [-0.15, -0.1) is 0 Å². The molecule has 0 rings (SSSR count). The number of hydrogen-bond acceptors (Lipinski definition) is 3. The molecule has 114 valence electrons. The van der Waals surface area contributed by atoms with Crippen molar-refractivity contribution >= 4 is 12.7 Å². The molecule has 0 aliphatic rings. The summed E-state index contributed by atoms with van der Waals surface area (Å²) in [7, 11) is 3.23. The molecule has 0 heterocycles. The molecule has 0 saturated carbocycles. The largest absolute Gasteiger partial charge is 0.497 e. The molecule has 0 aromatic carbocycles. The van der Waals surface area contributed by atoms with E-state index in [4.69, 9.17) is 9.53 Å². The molecular formula is C13H27NO5. The van der Waals surface area contributed by atoms with Gasteiger partial charge in [-0.2, -0.15) is 0 Å². The zero-order chi connectivity index (χ0) is 14.1. The standard InChI is InChI=1S/C7H10O.C5H11NO.CH2O.2H2O/c1-4-5-6-7(2)8-3;1-3-4-5(7)6-2;1-2;;/h4-6H,1-2H2,3H3;3-4H2,1-2H3,(H,6,7);1H2;2*1H2/b6-5-;;;;. The van der Waals surface area contributed by atoms with E-state index < -0.39 is 0 Å². The van der Waals surface area contributed by atoms with E-state index in [1.807, 2.05) is 13.7 Å². The zero-order valence-electron chi connectivity index (χ0n) is 12.0. The lowest BCUT2D eigenvalue weighted by Crippen LogP contribution is -2.16. The van der Waals surface area contributed by atoms with E-state index in [1.165, 1.54) is 0 Å². The quantitative estimate of drug-likeness (QED) is 0.585. The van der Waals surface area contributed by atoms with Crippen molar-refractivity contribution in [3.63, 3.8) is 0 Å². The van der Waals surface area contributed by atoms with Gasteiger partial charge in [0, 0.05) is 13.5 Å². The third-order valence-corrected chi connectivity index (χ3v) is 1.44. The normalized spacial score (nSPS) is 7.11. The van der Waals surface area contributed by atoms with Crippen molar-refractivity contribution in [3.05, 3.63) is 37.1 Å². The van der Waals surface area contributed by atoms with Crippen molar-refractivity contribution in [3.8, 4) is 0 Å². The summed E-state index contributed by atoms with van der Waals surface area (Å²) < 4.78 is 4.72. The lowest BCUT2D eigenvalue weighted by molar-refractivity contribution is -0.120. The Morgan fingerprint density at radius 2 is 1.79 bits per heavy atom. The maximum Gasteiger partial charge on any atom is 0.219 e. The van der Waals surface area contributed by atoms with Crippen LogP contribution < -0.4 is 5.32 Å². The Balaban J connectivity index is -0.0000000558. The van der Waals surface area contributed by atoms with Crippen molar-refractivity contribution in [1.82, 2.24) is 5.32 Å². The number of rotatable bonds is 5. The molecule has 0 aromatic rings. The van der Waals surface area contributed by atoms with Crippen molar-refractivity contribution in [1.29, 1.82) is 0 Å². The highest BCUT2D eigenvalue weighted by Gasteiger charge is 1.89. The lowest BCUT2D eigenvalue weighted by atomic mass is 10.3. The van der Waals surface area contributed by atoms with Gasteiger partial charge in [-0.1, -0.05) is 32.2 Å². The topological polar surface area (TPSA) is 118 Å². The second-order valence-corrected chi connectivity index (χ2v) is 2.69. The molecule has 0 bridgehead atoms. The second-order valence-electron chi connectivity index (χ2n) is 2.69. The molecule has 0 unspecified atom stereocenters. The molecule has 0 atom stereocenters. The molecule has 0 aromatic heterocycles. The fourth-order valence-corrected chi connectivity index (χ4v) is 0.595. The minimum atomic E-state index is 0. The highest BCUT2D eigenvalue weighted by molar-refractivity contribution is 5.75. The van der Waals surface area contributed by atoms with Crippen molar-refractivity contribution in [2.75, 3.05) is 14.2 Å². The Bertz CT molecular complexity index is 239. The fourth-order valence-electron chi connectivity index (χ4n) is 0.595. The smallest absolute Gasteiger partial charge is 0.219 e. The molecule has 0 spiro atoms. The van der Waals surface area contributed by atoms with Crippen LogP contribution in [0.1, 0.15) is 19.8 Å². The number of methoxy groups -OCH3 is 1. The summed E-state index contributed by atoms with van der Waals surface area (Å²) in [6.45, 7) is 11.0. The van der Waals surface area contributed by atoms with E-state index in [9.17, 15) is 4.79 Å². The van der Waals surface area contributed by atoms with Gasteiger partial charge >= 0.3 is 0 Å². The Morgan fingerprint density at radius 3 is 2.00 bits per heavy atom. The summed E-state index contributed by atoms with van der Waals surface area (Å²) in [4.78, 5) is 18.3. The first-order valence-corrected chi connectivity index (χ1v) is 5.13. The average molecular weight is 277 g/mol. The van der Waals surface area contributed by atoms with Crippen LogP contribution in [0, 0.1) is 0 Å². The highest BCUT2D eigenvalue weighted by atomic mass is 16.5. The van der Waals surface area contributed by atoms with Gasteiger partial charge < -0.3 is 25.8 Å². The van der Waals surface area contributed by atoms with Crippen molar-refractivity contribution in [2.45, 2.75) is 19.8 Å². The van der Waals surface area contributed by atoms with E-state index in [0.29, 0.717) is 12.2 Å². The molecule has 0 aliphatic heterocycles. The number of carbonyl (C=O) groups is 2. The Kier molecular flexibility index (Phi) is 47.4. The zero-order valence-corrected chi connectivity index (χ0v) is 12.0. The molecule has 6 heteroatoms. The van der Waals surface area contributed by atoms with Crippen LogP contribution in [0.2, 0.25) is 0 Å². The second kappa shape index (κ2) is 29.8. The van der Waals surface area contributed by atoms with Crippen LogP contribution in [0.4, 0.5) is 0 Å². The molecular weight excluding hydrogens is 250 g/mol. The molecule has 0 saturated heterocycles. The van der Waals surface area contributed by atoms with Gasteiger partial charge in [-0.3, -0.25) is 4.79 Å². The molecule has 0 aliphatic carbocycles. The van der Waals surface area contributed by atoms with Gasteiger partial charge in [0.1, 0.15) is 12.5 Å². The van der Waals surface area contributed by atoms with Gasteiger partial charge in [-0.05, 0) is 12.5 Å². The van der Waals surface area contributed by atoms with E-state index in [-0.39, 0.29) is 16.9 Å². The van der Waals surface area contributed by atoms with Crippen molar-refractivity contribution < 1.29 is 25.3 Å². The highest BCUT2D eigenvalue weighted by Crippen LogP contribution is 1.90. The van der Waals surface area contributed by atoms with Gasteiger partial charge in [0.25, 0.3) is 0 Å². The molecule has 0 radical (unpaired) electrons. The van der Waals surface area contributed by atoms with Crippen LogP contribution in [0.5, 0.6) is 0 Å². The van der Waals surface area contributed by atoms with Crippen LogP contribution in [-0.2, 0) is 14.3 Å². The summed E-state index contributed by atoms with van der Waals surface area (Å²) >= 11 is 0. The lowest BCUT2D eigenvalue weighted by Gasteiger charge is -1.92. The average Bonchev–Trinajstić information content (AvgIpc) is 2.39. The monoisotopic (exact) mass is 277 g/mol. The Hall–Kier alpha value is -1.92. The minimum absolute atomic E-state index is 0. The third-order valence-electron chi connectivity index (χ3n) is 1.44.